The van der Waals surface area contributed by atoms with Crippen molar-refractivity contribution in [2.24, 2.45) is 5.92 Å². The van der Waals surface area contributed by atoms with Crippen molar-refractivity contribution in [3.05, 3.63) is 0 Å². The van der Waals surface area contributed by atoms with E-state index in [4.69, 9.17) is 10.2 Å². The summed E-state index contributed by atoms with van der Waals surface area (Å²) < 4.78 is 0. The predicted molar refractivity (Wildman–Crippen MR) is 34.5 cm³/mol. The van der Waals surface area contributed by atoms with E-state index >= 15 is 0 Å². The summed E-state index contributed by atoms with van der Waals surface area (Å²) in [5.41, 5.74) is 0. The van der Waals surface area contributed by atoms with Gasteiger partial charge in [-0.3, -0.25) is 14.4 Å². The number of carboxylic acids is 2. The van der Waals surface area contributed by atoms with E-state index in [0.717, 1.165) is 6.92 Å². The highest BCUT2D eigenvalue weighted by Gasteiger charge is 2.30. The molecular weight excluding hydrogens is 154 g/mol. The predicted octanol–water partition coefficient (Wildman–Crippen LogP) is -0.477. The first-order chi connectivity index (χ1) is 4.46. The van der Waals surface area contributed by atoms with Crippen molar-refractivity contribution in [1.82, 2.24) is 6.15 Å². The summed E-state index contributed by atoms with van der Waals surface area (Å²) in [6, 6.07) is 0. The van der Waals surface area contributed by atoms with Crippen molar-refractivity contribution in [2.45, 2.75) is 6.92 Å². The van der Waals surface area contributed by atoms with Gasteiger partial charge in [0.15, 0.2) is 5.78 Å². The first-order valence-electron chi connectivity index (χ1n) is 2.43. The van der Waals surface area contributed by atoms with Gasteiger partial charge in [-0.25, -0.2) is 0 Å². The Morgan fingerprint density at radius 1 is 1.09 bits per heavy atom. The standard InChI is InChI=1S/C5H6O5.H3N/c1-2(6)3(4(7)8)5(9)10;/h3H,1H3,(H,7,8)(H,9,10);1H3. The number of carbonyl (C=O) groups excluding carboxylic acids is 1. The van der Waals surface area contributed by atoms with E-state index in [2.05, 4.69) is 0 Å². The molecule has 0 radical (unpaired) electrons. The number of ketones is 1. The zero-order chi connectivity index (χ0) is 8.31. The molecule has 64 valence electrons. The molecule has 0 aliphatic carbocycles. The van der Waals surface area contributed by atoms with Crippen LogP contribution in [0.3, 0.4) is 0 Å². The van der Waals surface area contributed by atoms with Crippen molar-refractivity contribution >= 4 is 17.7 Å². The summed E-state index contributed by atoms with van der Waals surface area (Å²) >= 11 is 0. The number of Topliss-reactive ketones (excluding diaryl/α,β-unsaturated/α-hetero) is 1. The smallest absolute Gasteiger partial charge is 0.325 e. The van der Waals surface area contributed by atoms with Gasteiger partial charge in [0.2, 0.25) is 5.92 Å². The molecule has 0 aromatic heterocycles. The summed E-state index contributed by atoms with van der Waals surface area (Å²) in [5.74, 6) is -6.04. The molecule has 0 rings (SSSR count). The van der Waals surface area contributed by atoms with Gasteiger partial charge in [0.05, 0.1) is 0 Å². The van der Waals surface area contributed by atoms with Crippen LogP contribution in [0, 0.1) is 5.92 Å². The van der Waals surface area contributed by atoms with Crippen LogP contribution in [0.25, 0.3) is 0 Å². The van der Waals surface area contributed by atoms with Gasteiger partial charge < -0.3 is 16.4 Å². The monoisotopic (exact) mass is 163 g/mol. The van der Waals surface area contributed by atoms with E-state index in [9.17, 15) is 14.4 Å². The average molecular weight is 163 g/mol. The first kappa shape index (κ1) is 12.3. The number of aliphatic carboxylic acids is 2. The molecule has 0 aliphatic heterocycles. The molecule has 0 aliphatic rings. The molecule has 0 spiro atoms. The fourth-order valence-corrected chi connectivity index (χ4v) is 0.453. The Hall–Kier alpha value is -1.43. The summed E-state index contributed by atoms with van der Waals surface area (Å²) in [5, 5.41) is 16.2. The Bertz CT molecular complexity index is 154. The van der Waals surface area contributed by atoms with Crippen molar-refractivity contribution < 1.29 is 24.6 Å². The Morgan fingerprint density at radius 3 is 1.36 bits per heavy atom. The van der Waals surface area contributed by atoms with Crippen molar-refractivity contribution in [2.75, 3.05) is 0 Å². The zero-order valence-electron chi connectivity index (χ0n) is 5.90. The second-order valence-electron chi connectivity index (χ2n) is 1.72. The Kier molecular flexibility index (Phi) is 4.90. The van der Waals surface area contributed by atoms with Gasteiger partial charge in [-0.15, -0.1) is 0 Å². The van der Waals surface area contributed by atoms with Gasteiger partial charge in [0.1, 0.15) is 0 Å². The molecule has 0 saturated heterocycles. The lowest BCUT2D eigenvalue weighted by Crippen LogP contribution is -2.29. The molecule has 0 aromatic carbocycles. The molecule has 0 aromatic rings. The van der Waals surface area contributed by atoms with E-state index in [-0.39, 0.29) is 6.15 Å². The second-order valence-corrected chi connectivity index (χ2v) is 1.72. The number of carbonyl (C=O) groups is 3. The fourth-order valence-electron chi connectivity index (χ4n) is 0.453. The van der Waals surface area contributed by atoms with Gasteiger partial charge in [0.25, 0.3) is 0 Å². The average Bonchev–Trinajstić information content (AvgIpc) is 1.59. The van der Waals surface area contributed by atoms with E-state index in [0.29, 0.717) is 0 Å². The molecule has 0 fully saturated rings. The molecule has 0 heterocycles. The van der Waals surface area contributed by atoms with E-state index in [1.54, 1.807) is 0 Å². The second kappa shape index (κ2) is 4.40. The van der Waals surface area contributed by atoms with Crippen LogP contribution in [-0.2, 0) is 14.4 Å². The van der Waals surface area contributed by atoms with Crippen molar-refractivity contribution in [3.8, 4) is 0 Å². The minimum absolute atomic E-state index is 0. The Morgan fingerprint density at radius 2 is 1.36 bits per heavy atom. The summed E-state index contributed by atoms with van der Waals surface area (Å²) in [7, 11) is 0. The highest BCUT2D eigenvalue weighted by Crippen LogP contribution is 1.97. The Balaban J connectivity index is 0. The lowest BCUT2D eigenvalue weighted by molar-refractivity contribution is -0.157. The maximum atomic E-state index is 10.3. The van der Waals surface area contributed by atoms with Gasteiger partial charge in [-0.1, -0.05) is 0 Å². The van der Waals surface area contributed by atoms with Gasteiger partial charge in [-0.05, 0) is 6.92 Å². The molecule has 11 heavy (non-hydrogen) atoms. The summed E-state index contributed by atoms with van der Waals surface area (Å²) in [6.45, 7) is 0.924. The minimum atomic E-state index is -1.92. The van der Waals surface area contributed by atoms with Gasteiger partial charge >= 0.3 is 11.9 Å². The zero-order valence-corrected chi connectivity index (χ0v) is 5.90. The minimum Gasteiger partial charge on any atom is -0.480 e. The number of rotatable bonds is 3. The highest BCUT2D eigenvalue weighted by molar-refractivity contribution is 6.13. The maximum Gasteiger partial charge on any atom is 0.325 e. The largest absolute Gasteiger partial charge is 0.480 e. The quantitative estimate of drug-likeness (QED) is 0.482. The molecule has 0 atom stereocenters. The first-order valence-corrected chi connectivity index (χ1v) is 2.43. The third kappa shape index (κ3) is 3.31. The lowest BCUT2D eigenvalue weighted by Gasteiger charge is -1.99. The highest BCUT2D eigenvalue weighted by atomic mass is 16.4. The lowest BCUT2D eigenvalue weighted by atomic mass is 10.1. The number of hydrogen-bond acceptors (Lipinski definition) is 4. The van der Waals surface area contributed by atoms with Crippen LogP contribution in [0.2, 0.25) is 0 Å². The Labute approximate surface area is 62.4 Å². The number of hydrogen-bond donors (Lipinski definition) is 3. The van der Waals surface area contributed by atoms with Crippen LogP contribution in [-0.4, -0.2) is 27.9 Å². The van der Waals surface area contributed by atoms with Gasteiger partial charge in [0, 0.05) is 0 Å². The van der Waals surface area contributed by atoms with Crippen LogP contribution in [0.5, 0.6) is 0 Å². The normalized spacial score (nSPS) is 8.55. The van der Waals surface area contributed by atoms with Crippen LogP contribution < -0.4 is 6.15 Å². The SMILES string of the molecule is CC(=O)C(C(=O)O)C(=O)O.N. The van der Waals surface area contributed by atoms with Crippen LogP contribution in [0.1, 0.15) is 6.92 Å². The third-order valence-electron chi connectivity index (χ3n) is 0.900. The summed E-state index contributed by atoms with van der Waals surface area (Å²) in [6.07, 6.45) is 0. The molecule has 0 unspecified atom stereocenters. The van der Waals surface area contributed by atoms with Gasteiger partial charge in [-0.2, -0.15) is 0 Å². The molecule has 0 amide bonds. The third-order valence-corrected chi connectivity index (χ3v) is 0.900. The van der Waals surface area contributed by atoms with E-state index in [1.165, 1.54) is 0 Å². The van der Waals surface area contributed by atoms with Crippen molar-refractivity contribution in [1.29, 1.82) is 0 Å². The maximum absolute atomic E-state index is 10.3. The van der Waals surface area contributed by atoms with E-state index in [1.807, 2.05) is 0 Å². The molecule has 6 nitrogen and oxygen atoms in total. The van der Waals surface area contributed by atoms with Crippen LogP contribution in [0.15, 0.2) is 0 Å². The number of carboxylic acid groups (broad SMARTS) is 2. The molecule has 0 saturated carbocycles. The van der Waals surface area contributed by atoms with Crippen LogP contribution in [0.4, 0.5) is 0 Å². The molecule has 6 heteroatoms. The van der Waals surface area contributed by atoms with Crippen molar-refractivity contribution in [3.63, 3.8) is 0 Å². The van der Waals surface area contributed by atoms with Crippen LogP contribution >= 0.6 is 0 Å². The molecule has 0 bridgehead atoms. The molecule has 5 N–H and O–H groups in total. The topological polar surface area (TPSA) is 127 Å². The summed E-state index contributed by atoms with van der Waals surface area (Å²) in [4.78, 5) is 30.2. The molecular formula is C5H9NO5. The van der Waals surface area contributed by atoms with E-state index < -0.39 is 23.6 Å². The fraction of sp³-hybridized carbons (Fsp3) is 0.400.